The average Bonchev–Trinajstić information content (AvgIpc) is 2.30. The van der Waals surface area contributed by atoms with Gasteiger partial charge < -0.3 is 0 Å². The zero-order valence-corrected chi connectivity index (χ0v) is 11.3. The van der Waals surface area contributed by atoms with Gasteiger partial charge in [0.15, 0.2) is 0 Å². The van der Waals surface area contributed by atoms with Gasteiger partial charge >= 0.3 is 0 Å². The quantitative estimate of drug-likeness (QED) is 0.773. The van der Waals surface area contributed by atoms with Crippen LogP contribution in [0.25, 0.3) is 11.3 Å². The van der Waals surface area contributed by atoms with Crippen molar-refractivity contribution in [3.05, 3.63) is 46.1 Å². The predicted molar refractivity (Wildman–Crippen MR) is 71.4 cm³/mol. The summed E-state index contributed by atoms with van der Waals surface area (Å²) in [5.41, 5.74) is 2.08. The van der Waals surface area contributed by atoms with Crippen molar-refractivity contribution < 1.29 is 4.39 Å². The molecule has 0 aliphatic carbocycles. The van der Waals surface area contributed by atoms with Crippen LogP contribution in [0, 0.1) is 5.82 Å². The maximum atomic E-state index is 13.4. The lowest BCUT2D eigenvalue weighted by Gasteiger charge is -2.09. The van der Waals surface area contributed by atoms with Gasteiger partial charge in [0.2, 0.25) is 0 Å². The van der Waals surface area contributed by atoms with Crippen LogP contribution in [0.1, 0.15) is 18.9 Å². The first kappa shape index (κ1) is 13.2. The van der Waals surface area contributed by atoms with Crippen molar-refractivity contribution in [1.82, 2.24) is 9.97 Å². The minimum atomic E-state index is -0.394. The van der Waals surface area contributed by atoms with Crippen molar-refractivity contribution in [2.45, 2.75) is 19.8 Å². The van der Waals surface area contributed by atoms with Crippen molar-refractivity contribution in [2.24, 2.45) is 0 Å². The van der Waals surface area contributed by atoms with E-state index in [-0.39, 0.29) is 0 Å². The minimum Gasteiger partial charge on any atom is -0.236 e. The van der Waals surface area contributed by atoms with Gasteiger partial charge in [0.1, 0.15) is 17.3 Å². The average molecular weight is 285 g/mol. The van der Waals surface area contributed by atoms with Crippen molar-refractivity contribution in [2.75, 3.05) is 0 Å². The summed E-state index contributed by atoms with van der Waals surface area (Å²) in [6.45, 7) is 2.03. The van der Waals surface area contributed by atoms with Gasteiger partial charge in [-0.3, -0.25) is 0 Å². The molecule has 0 aliphatic heterocycles. The summed E-state index contributed by atoms with van der Waals surface area (Å²) in [5.74, 6) is -0.394. The van der Waals surface area contributed by atoms with E-state index in [9.17, 15) is 4.39 Å². The highest BCUT2D eigenvalue weighted by atomic mass is 35.5. The lowest BCUT2D eigenvalue weighted by atomic mass is 10.0. The Kier molecular flexibility index (Phi) is 4.15. The van der Waals surface area contributed by atoms with E-state index in [1.807, 2.05) is 6.92 Å². The Morgan fingerprint density at radius 3 is 2.61 bits per heavy atom. The van der Waals surface area contributed by atoms with Crippen LogP contribution in [0.5, 0.6) is 0 Å². The molecule has 0 aliphatic rings. The summed E-state index contributed by atoms with van der Waals surface area (Å²) in [4.78, 5) is 8.15. The molecule has 0 N–H and O–H groups in total. The molecular formula is C13H11Cl2FN2. The predicted octanol–water partition coefficient (Wildman–Crippen LogP) is 4.54. The Bertz CT molecular complexity index is 553. The van der Waals surface area contributed by atoms with E-state index in [0.717, 1.165) is 18.4 Å². The molecule has 18 heavy (non-hydrogen) atoms. The van der Waals surface area contributed by atoms with Crippen LogP contribution < -0.4 is 0 Å². The molecule has 1 heterocycles. The highest BCUT2D eigenvalue weighted by Crippen LogP contribution is 2.29. The number of aromatic nitrogens is 2. The summed E-state index contributed by atoms with van der Waals surface area (Å²) in [6, 6.07) is 4.32. The zero-order valence-electron chi connectivity index (χ0n) is 9.75. The SMILES string of the molecule is CCCc1c(Cl)ncnc1-c1cc(F)cc(Cl)c1. The number of halogens is 3. The second-order valence-corrected chi connectivity index (χ2v) is 4.69. The molecule has 0 saturated carbocycles. The van der Waals surface area contributed by atoms with E-state index < -0.39 is 5.82 Å². The fourth-order valence-electron chi connectivity index (χ4n) is 1.80. The fraction of sp³-hybridized carbons (Fsp3) is 0.231. The summed E-state index contributed by atoms with van der Waals surface area (Å²) < 4.78 is 13.4. The Balaban J connectivity index is 2.59. The van der Waals surface area contributed by atoms with Crippen LogP contribution in [0.15, 0.2) is 24.5 Å². The normalized spacial score (nSPS) is 10.7. The van der Waals surface area contributed by atoms with Gasteiger partial charge in [-0.15, -0.1) is 0 Å². The van der Waals surface area contributed by atoms with E-state index in [2.05, 4.69) is 9.97 Å². The number of nitrogens with zero attached hydrogens (tertiary/aromatic N) is 2. The van der Waals surface area contributed by atoms with Crippen molar-refractivity contribution in [3.8, 4) is 11.3 Å². The van der Waals surface area contributed by atoms with E-state index in [1.54, 1.807) is 6.07 Å². The second-order valence-electron chi connectivity index (χ2n) is 3.90. The Labute approximate surface area is 115 Å². The van der Waals surface area contributed by atoms with E-state index >= 15 is 0 Å². The summed E-state index contributed by atoms with van der Waals surface area (Å²) in [6.07, 6.45) is 3.02. The lowest BCUT2D eigenvalue weighted by molar-refractivity contribution is 0.628. The second kappa shape index (κ2) is 5.63. The molecule has 1 aromatic carbocycles. The molecule has 0 spiro atoms. The van der Waals surface area contributed by atoms with Gasteiger partial charge in [-0.25, -0.2) is 14.4 Å². The first-order valence-corrected chi connectivity index (χ1v) is 6.33. The first-order valence-electron chi connectivity index (χ1n) is 5.57. The third kappa shape index (κ3) is 2.79. The maximum Gasteiger partial charge on any atom is 0.136 e. The first-order chi connectivity index (χ1) is 8.61. The number of hydrogen-bond acceptors (Lipinski definition) is 2. The van der Waals surface area contributed by atoms with E-state index in [4.69, 9.17) is 23.2 Å². The van der Waals surface area contributed by atoms with Crippen molar-refractivity contribution >= 4 is 23.2 Å². The van der Waals surface area contributed by atoms with Gasteiger partial charge in [-0.2, -0.15) is 0 Å². The van der Waals surface area contributed by atoms with Crippen LogP contribution in [0.2, 0.25) is 10.2 Å². The van der Waals surface area contributed by atoms with Crippen LogP contribution >= 0.6 is 23.2 Å². The topological polar surface area (TPSA) is 25.8 Å². The molecule has 1 aromatic heterocycles. The summed E-state index contributed by atoms with van der Waals surface area (Å²) >= 11 is 11.9. The Morgan fingerprint density at radius 2 is 1.94 bits per heavy atom. The lowest BCUT2D eigenvalue weighted by Crippen LogP contribution is -1.97. The van der Waals surface area contributed by atoms with Gasteiger partial charge in [-0.05, 0) is 24.6 Å². The molecule has 0 atom stereocenters. The largest absolute Gasteiger partial charge is 0.236 e. The van der Waals surface area contributed by atoms with Crippen LogP contribution in [0.4, 0.5) is 4.39 Å². The monoisotopic (exact) mass is 284 g/mol. The van der Waals surface area contributed by atoms with Crippen LogP contribution in [-0.4, -0.2) is 9.97 Å². The third-order valence-electron chi connectivity index (χ3n) is 2.53. The molecule has 0 fully saturated rings. The van der Waals surface area contributed by atoms with Gasteiger partial charge in [0.25, 0.3) is 0 Å². The van der Waals surface area contributed by atoms with E-state index in [0.29, 0.717) is 21.4 Å². The van der Waals surface area contributed by atoms with Gasteiger partial charge in [0, 0.05) is 16.1 Å². The zero-order chi connectivity index (χ0) is 13.1. The molecule has 94 valence electrons. The highest BCUT2D eigenvalue weighted by Gasteiger charge is 2.12. The molecule has 0 unspecified atom stereocenters. The molecule has 0 amide bonds. The Morgan fingerprint density at radius 1 is 1.17 bits per heavy atom. The molecule has 2 aromatic rings. The van der Waals surface area contributed by atoms with Crippen LogP contribution in [0.3, 0.4) is 0 Å². The summed E-state index contributed by atoms with van der Waals surface area (Å²) in [7, 11) is 0. The number of benzene rings is 1. The molecule has 0 bridgehead atoms. The maximum absolute atomic E-state index is 13.4. The highest BCUT2D eigenvalue weighted by molar-refractivity contribution is 6.31. The number of rotatable bonds is 3. The van der Waals surface area contributed by atoms with Crippen molar-refractivity contribution in [1.29, 1.82) is 0 Å². The minimum absolute atomic E-state index is 0.335. The fourth-order valence-corrected chi connectivity index (χ4v) is 2.25. The molecular weight excluding hydrogens is 274 g/mol. The third-order valence-corrected chi connectivity index (χ3v) is 3.07. The molecule has 2 nitrogen and oxygen atoms in total. The molecule has 5 heteroatoms. The van der Waals surface area contributed by atoms with Crippen molar-refractivity contribution in [3.63, 3.8) is 0 Å². The molecule has 0 radical (unpaired) electrons. The summed E-state index contributed by atoms with van der Waals surface area (Å²) in [5, 5.41) is 0.740. The Hall–Kier alpha value is -1.19. The van der Waals surface area contributed by atoms with E-state index in [1.165, 1.54) is 18.5 Å². The van der Waals surface area contributed by atoms with Crippen LogP contribution in [-0.2, 0) is 6.42 Å². The molecule has 2 rings (SSSR count). The van der Waals surface area contributed by atoms with Gasteiger partial charge in [0.05, 0.1) is 5.69 Å². The van der Waals surface area contributed by atoms with Gasteiger partial charge in [-0.1, -0.05) is 36.5 Å². The number of hydrogen-bond donors (Lipinski definition) is 0. The molecule has 0 saturated heterocycles. The smallest absolute Gasteiger partial charge is 0.136 e. The standard InChI is InChI=1S/C13H11Cl2FN2/c1-2-3-11-12(17-7-18-13(11)15)8-4-9(14)6-10(16)5-8/h4-7H,2-3H2,1H3.